The van der Waals surface area contributed by atoms with Gasteiger partial charge in [0.15, 0.2) is 0 Å². The quantitative estimate of drug-likeness (QED) is 0.647. The van der Waals surface area contributed by atoms with Gasteiger partial charge in [-0.05, 0) is 11.1 Å². The van der Waals surface area contributed by atoms with Crippen LogP contribution in [0, 0.1) is 0 Å². The van der Waals surface area contributed by atoms with Crippen LogP contribution in [0.15, 0.2) is 24.3 Å². The van der Waals surface area contributed by atoms with Crippen molar-refractivity contribution in [2.24, 2.45) is 0 Å². The SMILES string of the molecule is COCc1ccc(C[O])cc1. The predicted molar refractivity (Wildman–Crippen MR) is 41.5 cm³/mol. The van der Waals surface area contributed by atoms with E-state index in [0.717, 1.165) is 11.1 Å². The van der Waals surface area contributed by atoms with Crippen LogP contribution in [-0.4, -0.2) is 7.11 Å². The van der Waals surface area contributed by atoms with Gasteiger partial charge in [0, 0.05) is 7.11 Å². The Morgan fingerprint density at radius 2 is 1.73 bits per heavy atom. The van der Waals surface area contributed by atoms with Crippen molar-refractivity contribution >= 4 is 0 Å². The van der Waals surface area contributed by atoms with Crippen LogP contribution in [0.25, 0.3) is 0 Å². The molecule has 0 heterocycles. The zero-order chi connectivity index (χ0) is 8.10. The van der Waals surface area contributed by atoms with Crippen LogP contribution in [0.5, 0.6) is 0 Å². The zero-order valence-electron chi connectivity index (χ0n) is 6.54. The van der Waals surface area contributed by atoms with Crippen molar-refractivity contribution in [2.75, 3.05) is 7.11 Å². The van der Waals surface area contributed by atoms with Crippen LogP contribution in [0.1, 0.15) is 11.1 Å². The Bertz CT molecular complexity index is 203. The van der Waals surface area contributed by atoms with Gasteiger partial charge in [0.25, 0.3) is 0 Å². The number of ether oxygens (including phenoxy) is 1. The fourth-order valence-electron chi connectivity index (χ4n) is 0.898. The van der Waals surface area contributed by atoms with Crippen molar-refractivity contribution in [2.45, 2.75) is 13.2 Å². The number of benzene rings is 1. The average Bonchev–Trinajstić information content (AvgIpc) is 2.07. The molecule has 0 N–H and O–H groups in total. The molecule has 0 unspecified atom stereocenters. The van der Waals surface area contributed by atoms with E-state index in [1.807, 2.05) is 24.3 Å². The third-order valence-electron chi connectivity index (χ3n) is 1.50. The highest BCUT2D eigenvalue weighted by Gasteiger charge is 1.92. The molecule has 0 saturated heterocycles. The third kappa shape index (κ3) is 2.33. The molecule has 0 bridgehead atoms. The highest BCUT2D eigenvalue weighted by Crippen LogP contribution is 2.04. The maximum atomic E-state index is 10.4. The van der Waals surface area contributed by atoms with Crippen molar-refractivity contribution in [3.63, 3.8) is 0 Å². The van der Waals surface area contributed by atoms with E-state index in [2.05, 4.69) is 0 Å². The van der Waals surface area contributed by atoms with Crippen molar-refractivity contribution in [3.05, 3.63) is 35.4 Å². The van der Waals surface area contributed by atoms with Gasteiger partial charge in [-0.1, -0.05) is 24.3 Å². The second kappa shape index (κ2) is 4.11. The largest absolute Gasteiger partial charge is 0.380 e. The summed E-state index contributed by atoms with van der Waals surface area (Å²) >= 11 is 0. The molecule has 1 radical (unpaired) electrons. The fraction of sp³-hybridized carbons (Fsp3) is 0.333. The first-order chi connectivity index (χ1) is 5.36. The van der Waals surface area contributed by atoms with Gasteiger partial charge in [-0.2, -0.15) is 0 Å². The van der Waals surface area contributed by atoms with E-state index in [4.69, 9.17) is 4.74 Å². The maximum Gasteiger partial charge on any atom is 0.107 e. The standard InChI is InChI=1S/C9H11O2/c1-11-7-9-4-2-8(6-10)3-5-9/h2-5H,6-7H2,1H3. The molecular formula is C9H11O2. The van der Waals surface area contributed by atoms with Crippen molar-refractivity contribution in [1.29, 1.82) is 0 Å². The van der Waals surface area contributed by atoms with E-state index < -0.39 is 0 Å². The van der Waals surface area contributed by atoms with Gasteiger partial charge in [-0.25, -0.2) is 5.11 Å². The van der Waals surface area contributed by atoms with E-state index in [1.165, 1.54) is 0 Å². The Hall–Kier alpha value is -0.860. The van der Waals surface area contributed by atoms with Crippen LogP contribution in [0.2, 0.25) is 0 Å². The molecule has 1 aromatic carbocycles. The Morgan fingerprint density at radius 1 is 1.18 bits per heavy atom. The lowest BCUT2D eigenvalue weighted by Crippen LogP contribution is -1.87. The van der Waals surface area contributed by atoms with Crippen molar-refractivity contribution in [3.8, 4) is 0 Å². The summed E-state index contributed by atoms with van der Waals surface area (Å²) in [6.45, 7) is 0.465. The molecule has 0 saturated carbocycles. The topological polar surface area (TPSA) is 29.1 Å². The maximum absolute atomic E-state index is 10.4. The monoisotopic (exact) mass is 151 g/mol. The van der Waals surface area contributed by atoms with Crippen LogP contribution < -0.4 is 0 Å². The van der Waals surface area contributed by atoms with Crippen LogP contribution in [0.3, 0.4) is 0 Å². The summed E-state index contributed by atoms with van der Waals surface area (Å²) in [6, 6.07) is 7.50. The minimum atomic E-state index is -0.146. The van der Waals surface area contributed by atoms with Crippen LogP contribution in [-0.2, 0) is 23.1 Å². The molecule has 0 aliphatic rings. The molecular weight excluding hydrogens is 140 g/mol. The minimum Gasteiger partial charge on any atom is -0.380 e. The van der Waals surface area contributed by atoms with E-state index in [0.29, 0.717) is 6.61 Å². The smallest absolute Gasteiger partial charge is 0.107 e. The lowest BCUT2D eigenvalue weighted by molar-refractivity contribution is 0.176. The molecule has 59 valence electrons. The molecule has 2 nitrogen and oxygen atoms in total. The summed E-state index contributed by atoms with van der Waals surface area (Å²) in [5, 5.41) is 10.4. The molecule has 0 amide bonds. The lowest BCUT2D eigenvalue weighted by Gasteiger charge is -1.99. The molecule has 1 aromatic rings. The Kier molecular flexibility index (Phi) is 3.08. The Labute approximate surface area is 66.4 Å². The Balaban J connectivity index is 2.66. The van der Waals surface area contributed by atoms with Gasteiger partial charge in [-0.15, -0.1) is 0 Å². The zero-order valence-corrected chi connectivity index (χ0v) is 6.54. The van der Waals surface area contributed by atoms with E-state index in [-0.39, 0.29) is 6.61 Å². The first-order valence-corrected chi connectivity index (χ1v) is 3.51. The molecule has 0 atom stereocenters. The summed E-state index contributed by atoms with van der Waals surface area (Å²) < 4.78 is 4.92. The summed E-state index contributed by atoms with van der Waals surface area (Å²) in [5.74, 6) is 0. The molecule has 11 heavy (non-hydrogen) atoms. The fourth-order valence-corrected chi connectivity index (χ4v) is 0.898. The number of methoxy groups -OCH3 is 1. The normalized spacial score (nSPS) is 10.0. The first kappa shape index (κ1) is 8.24. The number of rotatable bonds is 3. The van der Waals surface area contributed by atoms with Gasteiger partial charge < -0.3 is 4.74 Å². The Morgan fingerprint density at radius 3 is 2.18 bits per heavy atom. The second-order valence-corrected chi connectivity index (χ2v) is 2.39. The highest BCUT2D eigenvalue weighted by atomic mass is 16.5. The van der Waals surface area contributed by atoms with Crippen LogP contribution >= 0.6 is 0 Å². The lowest BCUT2D eigenvalue weighted by atomic mass is 10.1. The average molecular weight is 151 g/mol. The van der Waals surface area contributed by atoms with E-state index >= 15 is 0 Å². The second-order valence-electron chi connectivity index (χ2n) is 2.39. The van der Waals surface area contributed by atoms with Gasteiger partial charge in [0.2, 0.25) is 0 Å². The molecule has 0 spiro atoms. The van der Waals surface area contributed by atoms with Crippen LogP contribution in [0.4, 0.5) is 0 Å². The summed E-state index contributed by atoms with van der Waals surface area (Å²) in [5.41, 5.74) is 1.93. The van der Waals surface area contributed by atoms with Crippen molar-refractivity contribution in [1.82, 2.24) is 0 Å². The first-order valence-electron chi connectivity index (χ1n) is 3.51. The third-order valence-corrected chi connectivity index (χ3v) is 1.50. The van der Waals surface area contributed by atoms with Crippen molar-refractivity contribution < 1.29 is 9.84 Å². The van der Waals surface area contributed by atoms with Gasteiger partial charge >= 0.3 is 0 Å². The summed E-state index contributed by atoms with van der Waals surface area (Å²) in [4.78, 5) is 0. The summed E-state index contributed by atoms with van der Waals surface area (Å²) in [6.07, 6.45) is 0. The van der Waals surface area contributed by atoms with Gasteiger partial charge in [0.05, 0.1) is 6.61 Å². The molecule has 2 heteroatoms. The number of hydrogen-bond donors (Lipinski definition) is 0. The molecule has 0 aliphatic heterocycles. The molecule has 0 fully saturated rings. The minimum absolute atomic E-state index is 0.146. The molecule has 1 rings (SSSR count). The summed E-state index contributed by atoms with van der Waals surface area (Å²) in [7, 11) is 1.65. The van der Waals surface area contributed by atoms with E-state index in [1.54, 1.807) is 7.11 Å². The molecule has 0 aromatic heterocycles. The van der Waals surface area contributed by atoms with Gasteiger partial charge in [-0.3, -0.25) is 0 Å². The number of hydrogen-bond acceptors (Lipinski definition) is 1. The highest BCUT2D eigenvalue weighted by molar-refractivity contribution is 5.21. The van der Waals surface area contributed by atoms with E-state index in [9.17, 15) is 5.11 Å². The van der Waals surface area contributed by atoms with Gasteiger partial charge in [0.1, 0.15) is 6.61 Å². The predicted octanol–water partition coefficient (Wildman–Crippen LogP) is 1.76. The molecule has 0 aliphatic carbocycles.